The number of nitro benzene ring substituents is 1. The second-order valence-corrected chi connectivity index (χ2v) is 5.81. The Hall–Kier alpha value is -2.15. The maximum absolute atomic E-state index is 11.4. The molecule has 0 radical (unpaired) electrons. The lowest BCUT2D eigenvalue weighted by atomic mass is 9.94. The summed E-state index contributed by atoms with van der Waals surface area (Å²) in [6.07, 6.45) is 0.919. The SMILES string of the molecule is CC1OCCC1(C)Nc1cc2c(cc1[N+](=O)[O-])CC(=O)N2. The molecule has 0 aromatic heterocycles. The molecule has 2 heterocycles. The highest BCUT2D eigenvalue weighted by atomic mass is 16.6. The Morgan fingerprint density at radius 1 is 1.52 bits per heavy atom. The van der Waals surface area contributed by atoms with Crippen LogP contribution < -0.4 is 10.6 Å². The molecule has 112 valence electrons. The fourth-order valence-corrected chi connectivity index (χ4v) is 2.82. The van der Waals surface area contributed by atoms with Crippen molar-refractivity contribution in [2.24, 2.45) is 0 Å². The van der Waals surface area contributed by atoms with E-state index in [-0.39, 0.29) is 29.7 Å². The van der Waals surface area contributed by atoms with E-state index >= 15 is 0 Å². The van der Waals surface area contributed by atoms with Crippen LogP contribution in [0.15, 0.2) is 12.1 Å². The molecule has 3 rings (SSSR count). The average molecular weight is 291 g/mol. The van der Waals surface area contributed by atoms with Gasteiger partial charge < -0.3 is 15.4 Å². The molecule has 1 aromatic carbocycles. The quantitative estimate of drug-likeness (QED) is 0.657. The molecular weight excluding hydrogens is 274 g/mol. The first-order chi connectivity index (χ1) is 9.89. The Bertz CT molecular complexity index is 631. The summed E-state index contributed by atoms with van der Waals surface area (Å²) in [4.78, 5) is 22.3. The van der Waals surface area contributed by atoms with E-state index in [0.29, 0.717) is 23.5 Å². The van der Waals surface area contributed by atoms with Crippen LogP contribution in [0.1, 0.15) is 25.8 Å². The van der Waals surface area contributed by atoms with E-state index in [1.54, 1.807) is 6.07 Å². The van der Waals surface area contributed by atoms with Crippen LogP contribution in [0.2, 0.25) is 0 Å². The first-order valence-corrected chi connectivity index (χ1v) is 6.90. The molecule has 2 N–H and O–H groups in total. The van der Waals surface area contributed by atoms with Crippen LogP contribution in [-0.4, -0.2) is 29.1 Å². The number of carbonyl (C=O) groups excluding carboxylic acids is 1. The van der Waals surface area contributed by atoms with Gasteiger partial charge in [-0.2, -0.15) is 0 Å². The number of ether oxygens (including phenoxy) is 1. The van der Waals surface area contributed by atoms with Gasteiger partial charge in [0.1, 0.15) is 5.69 Å². The average Bonchev–Trinajstić information content (AvgIpc) is 2.91. The highest BCUT2D eigenvalue weighted by Crippen LogP contribution is 2.38. The van der Waals surface area contributed by atoms with Crippen LogP contribution in [0.25, 0.3) is 0 Å². The van der Waals surface area contributed by atoms with Crippen LogP contribution in [-0.2, 0) is 16.0 Å². The third-order valence-corrected chi connectivity index (χ3v) is 4.35. The first-order valence-electron chi connectivity index (χ1n) is 6.90. The lowest BCUT2D eigenvalue weighted by molar-refractivity contribution is -0.384. The molecule has 2 unspecified atom stereocenters. The Labute approximate surface area is 121 Å². The van der Waals surface area contributed by atoms with Gasteiger partial charge in [-0.1, -0.05) is 0 Å². The molecule has 0 saturated carbocycles. The number of anilines is 2. The highest BCUT2D eigenvalue weighted by Gasteiger charge is 2.38. The molecule has 0 spiro atoms. The van der Waals surface area contributed by atoms with Crippen LogP contribution in [0.5, 0.6) is 0 Å². The van der Waals surface area contributed by atoms with Gasteiger partial charge in [0.05, 0.1) is 23.0 Å². The van der Waals surface area contributed by atoms with Crippen molar-refractivity contribution >= 4 is 23.0 Å². The molecule has 2 aliphatic rings. The first kappa shape index (κ1) is 13.8. The number of carbonyl (C=O) groups is 1. The zero-order valence-electron chi connectivity index (χ0n) is 11.9. The number of fused-ring (bicyclic) bond motifs is 1. The van der Waals surface area contributed by atoms with E-state index < -0.39 is 4.92 Å². The second kappa shape index (κ2) is 4.70. The van der Waals surface area contributed by atoms with Crippen molar-refractivity contribution < 1.29 is 14.5 Å². The molecule has 7 nitrogen and oxygen atoms in total. The van der Waals surface area contributed by atoms with Gasteiger partial charge in [-0.3, -0.25) is 14.9 Å². The smallest absolute Gasteiger partial charge is 0.292 e. The van der Waals surface area contributed by atoms with Crippen LogP contribution in [0.3, 0.4) is 0 Å². The summed E-state index contributed by atoms with van der Waals surface area (Å²) in [7, 11) is 0. The van der Waals surface area contributed by atoms with E-state index in [2.05, 4.69) is 10.6 Å². The van der Waals surface area contributed by atoms with Gasteiger partial charge >= 0.3 is 0 Å². The van der Waals surface area contributed by atoms with Crippen molar-refractivity contribution in [3.8, 4) is 0 Å². The molecule has 1 fully saturated rings. The van der Waals surface area contributed by atoms with Gasteiger partial charge in [0.2, 0.25) is 5.91 Å². The summed E-state index contributed by atoms with van der Waals surface area (Å²) < 4.78 is 5.55. The maximum atomic E-state index is 11.4. The van der Waals surface area contributed by atoms with Crippen molar-refractivity contribution in [2.45, 2.75) is 38.3 Å². The van der Waals surface area contributed by atoms with Crippen LogP contribution >= 0.6 is 0 Å². The summed E-state index contributed by atoms with van der Waals surface area (Å²) in [6, 6.07) is 3.12. The van der Waals surface area contributed by atoms with Gasteiger partial charge in [0.25, 0.3) is 5.69 Å². The maximum Gasteiger partial charge on any atom is 0.292 e. The molecule has 1 amide bonds. The van der Waals surface area contributed by atoms with E-state index in [1.807, 2.05) is 13.8 Å². The standard InChI is InChI=1S/C14H17N3O4/c1-8-14(2,3-4-21-8)16-11-7-10-9(6-13(18)15-10)5-12(11)17(19)20/h5,7-8,16H,3-4,6H2,1-2H3,(H,15,18). The topological polar surface area (TPSA) is 93.5 Å². The number of hydrogen-bond acceptors (Lipinski definition) is 5. The fraction of sp³-hybridized carbons (Fsp3) is 0.500. The van der Waals surface area contributed by atoms with Gasteiger partial charge in [-0.05, 0) is 31.9 Å². The summed E-state index contributed by atoms with van der Waals surface area (Å²) in [5.41, 5.74) is 1.36. The lowest BCUT2D eigenvalue weighted by Crippen LogP contribution is -2.41. The summed E-state index contributed by atoms with van der Waals surface area (Å²) in [6.45, 7) is 4.56. The summed E-state index contributed by atoms with van der Waals surface area (Å²) in [5.74, 6) is -0.139. The Balaban J connectivity index is 1.99. The Morgan fingerprint density at radius 3 is 2.90 bits per heavy atom. The number of nitrogens with zero attached hydrogens (tertiary/aromatic N) is 1. The van der Waals surface area contributed by atoms with Crippen LogP contribution in [0.4, 0.5) is 17.1 Å². The number of benzene rings is 1. The molecule has 7 heteroatoms. The molecule has 0 bridgehead atoms. The summed E-state index contributed by atoms with van der Waals surface area (Å²) >= 11 is 0. The molecule has 21 heavy (non-hydrogen) atoms. The van der Waals surface area contributed by atoms with Crippen molar-refractivity contribution in [3.05, 3.63) is 27.8 Å². The van der Waals surface area contributed by atoms with Gasteiger partial charge in [-0.25, -0.2) is 0 Å². The Morgan fingerprint density at radius 2 is 2.29 bits per heavy atom. The third-order valence-electron chi connectivity index (χ3n) is 4.35. The number of nitrogens with one attached hydrogen (secondary N) is 2. The van der Waals surface area contributed by atoms with Crippen molar-refractivity contribution in [2.75, 3.05) is 17.2 Å². The normalized spacial score (nSPS) is 27.3. The number of rotatable bonds is 3. The number of nitro groups is 1. The predicted octanol–water partition coefficient (Wildman–Crippen LogP) is 2.07. The van der Waals surface area contributed by atoms with Crippen molar-refractivity contribution in [3.63, 3.8) is 0 Å². The van der Waals surface area contributed by atoms with Crippen LogP contribution in [0, 0.1) is 10.1 Å². The van der Waals surface area contributed by atoms with Gasteiger partial charge in [0, 0.05) is 18.4 Å². The van der Waals surface area contributed by atoms with E-state index in [4.69, 9.17) is 4.74 Å². The molecule has 1 aromatic rings. The molecule has 2 aliphatic heterocycles. The molecule has 0 aliphatic carbocycles. The molecular formula is C14H17N3O4. The number of amides is 1. The van der Waals surface area contributed by atoms with E-state index in [0.717, 1.165) is 6.42 Å². The number of hydrogen-bond donors (Lipinski definition) is 2. The largest absolute Gasteiger partial charge is 0.376 e. The second-order valence-electron chi connectivity index (χ2n) is 5.81. The third kappa shape index (κ3) is 2.33. The van der Waals surface area contributed by atoms with E-state index in [9.17, 15) is 14.9 Å². The minimum atomic E-state index is -0.421. The van der Waals surface area contributed by atoms with E-state index in [1.165, 1.54) is 6.07 Å². The molecule has 1 saturated heterocycles. The summed E-state index contributed by atoms with van der Waals surface area (Å²) in [5, 5.41) is 17.3. The zero-order valence-corrected chi connectivity index (χ0v) is 11.9. The highest BCUT2D eigenvalue weighted by molar-refractivity contribution is 6.00. The van der Waals surface area contributed by atoms with Crippen molar-refractivity contribution in [1.82, 2.24) is 0 Å². The van der Waals surface area contributed by atoms with Gasteiger partial charge in [0.15, 0.2) is 0 Å². The van der Waals surface area contributed by atoms with Crippen molar-refractivity contribution in [1.29, 1.82) is 0 Å². The lowest BCUT2D eigenvalue weighted by Gasteiger charge is -2.30. The minimum Gasteiger partial charge on any atom is -0.376 e. The monoisotopic (exact) mass is 291 g/mol. The Kier molecular flexibility index (Phi) is 3.09. The minimum absolute atomic E-state index is 0.00873. The zero-order chi connectivity index (χ0) is 15.2. The van der Waals surface area contributed by atoms with Gasteiger partial charge in [-0.15, -0.1) is 0 Å². The fourth-order valence-electron chi connectivity index (χ4n) is 2.82. The predicted molar refractivity (Wildman–Crippen MR) is 77.5 cm³/mol. The molecule has 2 atom stereocenters.